The van der Waals surface area contributed by atoms with Crippen LogP contribution in [-0.2, 0) is 11.2 Å². The SMILES string of the molecule is CC(=O)NC(CO)(CO)CCc1ccc(-c2coc(-c3ccc(Cl)cc3)n2)cc1. The average molecular weight is 415 g/mol. The fraction of sp³-hybridized carbons (Fsp3) is 0.273. The van der Waals surface area contributed by atoms with Crippen LogP contribution in [0.2, 0.25) is 5.02 Å². The molecule has 2 aromatic carbocycles. The summed E-state index contributed by atoms with van der Waals surface area (Å²) >= 11 is 5.91. The van der Waals surface area contributed by atoms with Gasteiger partial charge in [-0.2, -0.15) is 0 Å². The molecule has 0 unspecified atom stereocenters. The number of aromatic nitrogens is 1. The average Bonchev–Trinajstić information content (AvgIpc) is 3.22. The van der Waals surface area contributed by atoms with Crippen LogP contribution in [0.1, 0.15) is 18.9 Å². The molecule has 0 fully saturated rings. The van der Waals surface area contributed by atoms with Crippen LogP contribution in [0.4, 0.5) is 0 Å². The first-order chi connectivity index (χ1) is 13.9. The molecular weight excluding hydrogens is 392 g/mol. The molecule has 0 radical (unpaired) electrons. The van der Waals surface area contributed by atoms with Crippen LogP contribution in [0, 0.1) is 0 Å². The van der Waals surface area contributed by atoms with Crippen molar-refractivity contribution in [1.29, 1.82) is 0 Å². The van der Waals surface area contributed by atoms with E-state index >= 15 is 0 Å². The number of hydrogen-bond donors (Lipinski definition) is 3. The molecule has 0 saturated heterocycles. The lowest BCUT2D eigenvalue weighted by Crippen LogP contribution is -2.53. The summed E-state index contributed by atoms with van der Waals surface area (Å²) in [5, 5.41) is 22.5. The number of amides is 1. The van der Waals surface area contributed by atoms with Gasteiger partial charge in [-0.25, -0.2) is 4.98 Å². The fourth-order valence-corrected chi connectivity index (χ4v) is 3.21. The van der Waals surface area contributed by atoms with Crippen LogP contribution in [0.5, 0.6) is 0 Å². The second kappa shape index (κ2) is 9.22. The molecular formula is C22H23ClN2O4. The summed E-state index contributed by atoms with van der Waals surface area (Å²) in [7, 11) is 0. The predicted molar refractivity (Wildman–Crippen MR) is 111 cm³/mol. The summed E-state index contributed by atoms with van der Waals surface area (Å²) in [5.74, 6) is 0.234. The summed E-state index contributed by atoms with van der Waals surface area (Å²) in [6, 6.07) is 15.1. The molecule has 0 aliphatic carbocycles. The highest BCUT2D eigenvalue weighted by Crippen LogP contribution is 2.26. The Morgan fingerprint density at radius 2 is 1.69 bits per heavy atom. The fourth-order valence-electron chi connectivity index (χ4n) is 3.08. The first-order valence-electron chi connectivity index (χ1n) is 9.26. The number of nitrogens with one attached hydrogen (secondary N) is 1. The number of rotatable bonds is 8. The summed E-state index contributed by atoms with van der Waals surface area (Å²) in [6.45, 7) is 0.715. The maximum Gasteiger partial charge on any atom is 0.226 e. The molecule has 0 saturated carbocycles. The van der Waals surface area contributed by atoms with Gasteiger partial charge in [-0.15, -0.1) is 0 Å². The number of nitrogens with zero attached hydrogens (tertiary/aromatic N) is 1. The van der Waals surface area contributed by atoms with Gasteiger partial charge in [0.05, 0.1) is 18.8 Å². The minimum atomic E-state index is -1.02. The molecule has 3 N–H and O–H groups in total. The number of aliphatic hydroxyl groups excluding tert-OH is 2. The molecule has 0 aliphatic heterocycles. The third kappa shape index (κ3) is 5.23. The molecule has 1 amide bonds. The lowest BCUT2D eigenvalue weighted by Gasteiger charge is -2.30. The van der Waals surface area contributed by atoms with Crippen LogP contribution in [0.25, 0.3) is 22.7 Å². The monoisotopic (exact) mass is 414 g/mol. The van der Waals surface area contributed by atoms with E-state index in [-0.39, 0.29) is 19.1 Å². The minimum Gasteiger partial charge on any atom is -0.444 e. The van der Waals surface area contributed by atoms with Gasteiger partial charge in [0.1, 0.15) is 12.0 Å². The Morgan fingerprint density at radius 3 is 2.28 bits per heavy atom. The van der Waals surface area contributed by atoms with Gasteiger partial charge in [0.25, 0.3) is 0 Å². The summed E-state index contributed by atoms with van der Waals surface area (Å²) in [5.41, 5.74) is 2.48. The molecule has 6 nitrogen and oxygen atoms in total. The van der Waals surface area contributed by atoms with Crippen molar-refractivity contribution in [3.8, 4) is 22.7 Å². The van der Waals surface area contributed by atoms with Crippen LogP contribution in [0.15, 0.2) is 59.2 Å². The normalized spacial score (nSPS) is 11.4. The molecule has 0 spiro atoms. The topological polar surface area (TPSA) is 95.6 Å². The lowest BCUT2D eigenvalue weighted by molar-refractivity contribution is -0.122. The lowest BCUT2D eigenvalue weighted by atomic mass is 9.92. The van der Waals surface area contributed by atoms with Crippen molar-refractivity contribution in [2.24, 2.45) is 0 Å². The second-order valence-corrected chi connectivity index (χ2v) is 7.46. The van der Waals surface area contributed by atoms with E-state index in [4.69, 9.17) is 16.0 Å². The second-order valence-electron chi connectivity index (χ2n) is 7.02. The number of halogens is 1. The third-order valence-electron chi connectivity index (χ3n) is 4.78. The molecule has 1 heterocycles. The zero-order valence-corrected chi connectivity index (χ0v) is 16.8. The maximum atomic E-state index is 11.4. The Kier molecular flexibility index (Phi) is 6.69. The van der Waals surface area contributed by atoms with Crippen LogP contribution in [-0.4, -0.2) is 39.9 Å². The van der Waals surface area contributed by atoms with Gasteiger partial charge in [0, 0.05) is 23.1 Å². The number of benzene rings is 2. The molecule has 7 heteroatoms. The Hall–Kier alpha value is -2.67. The predicted octanol–water partition coefficient (Wildman–Crippen LogP) is 3.45. The Morgan fingerprint density at radius 1 is 1.07 bits per heavy atom. The van der Waals surface area contributed by atoms with E-state index in [2.05, 4.69) is 10.3 Å². The first-order valence-corrected chi connectivity index (χ1v) is 9.64. The molecule has 152 valence electrons. The Bertz CT molecular complexity index is 948. The summed E-state index contributed by atoms with van der Waals surface area (Å²) < 4.78 is 5.58. The van der Waals surface area contributed by atoms with Crippen LogP contribution < -0.4 is 5.32 Å². The highest BCUT2D eigenvalue weighted by Gasteiger charge is 2.29. The minimum absolute atomic E-state index is 0.286. The molecule has 1 aromatic heterocycles. The Balaban J connectivity index is 1.69. The van der Waals surface area contributed by atoms with E-state index in [0.29, 0.717) is 23.8 Å². The van der Waals surface area contributed by atoms with Gasteiger partial charge in [-0.05, 0) is 42.7 Å². The molecule has 3 rings (SSSR count). The molecule has 29 heavy (non-hydrogen) atoms. The standard InChI is InChI=1S/C22H23ClN2O4/c1-15(28)25-22(13-26,14-27)11-10-16-2-4-17(5-3-16)20-12-29-21(24-20)18-6-8-19(23)9-7-18/h2-9,12,26-27H,10-11,13-14H2,1H3,(H,25,28). The summed E-state index contributed by atoms with van der Waals surface area (Å²) in [6.07, 6.45) is 2.62. The number of carbonyl (C=O) groups is 1. The number of oxazole rings is 1. The van der Waals surface area contributed by atoms with Crippen molar-refractivity contribution in [2.75, 3.05) is 13.2 Å². The molecule has 3 aromatic rings. The van der Waals surface area contributed by atoms with Crippen molar-refractivity contribution >= 4 is 17.5 Å². The van der Waals surface area contributed by atoms with Crippen molar-refractivity contribution in [3.05, 3.63) is 65.4 Å². The molecule has 0 bridgehead atoms. The number of aliphatic hydroxyl groups is 2. The van der Waals surface area contributed by atoms with Gasteiger partial charge in [0.2, 0.25) is 11.8 Å². The zero-order chi connectivity index (χ0) is 20.9. The van der Waals surface area contributed by atoms with E-state index in [1.807, 2.05) is 36.4 Å². The van der Waals surface area contributed by atoms with Crippen molar-refractivity contribution in [2.45, 2.75) is 25.3 Å². The van der Waals surface area contributed by atoms with E-state index in [0.717, 1.165) is 22.4 Å². The molecule has 0 atom stereocenters. The first kappa shape index (κ1) is 21.0. The van der Waals surface area contributed by atoms with Crippen molar-refractivity contribution < 1.29 is 19.4 Å². The third-order valence-corrected chi connectivity index (χ3v) is 5.04. The molecule has 0 aliphatic rings. The number of hydrogen-bond acceptors (Lipinski definition) is 5. The highest BCUT2D eigenvalue weighted by molar-refractivity contribution is 6.30. The number of aryl methyl sites for hydroxylation is 1. The van der Waals surface area contributed by atoms with E-state index in [9.17, 15) is 15.0 Å². The van der Waals surface area contributed by atoms with Crippen LogP contribution >= 0.6 is 11.6 Å². The van der Waals surface area contributed by atoms with Gasteiger partial charge in [0.15, 0.2) is 0 Å². The van der Waals surface area contributed by atoms with E-state index in [1.165, 1.54) is 6.92 Å². The van der Waals surface area contributed by atoms with Gasteiger partial charge in [-0.3, -0.25) is 4.79 Å². The van der Waals surface area contributed by atoms with Gasteiger partial charge >= 0.3 is 0 Å². The van der Waals surface area contributed by atoms with Gasteiger partial charge in [-0.1, -0.05) is 35.9 Å². The highest BCUT2D eigenvalue weighted by atomic mass is 35.5. The summed E-state index contributed by atoms with van der Waals surface area (Å²) in [4.78, 5) is 15.9. The zero-order valence-electron chi connectivity index (χ0n) is 16.1. The smallest absolute Gasteiger partial charge is 0.226 e. The largest absolute Gasteiger partial charge is 0.444 e. The van der Waals surface area contributed by atoms with E-state index in [1.54, 1.807) is 18.4 Å². The Labute approximate surface area is 174 Å². The quantitative estimate of drug-likeness (QED) is 0.524. The van der Waals surface area contributed by atoms with E-state index < -0.39 is 5.54 Å². The van der Waals surface area contributed by atoms with Crippen LogP contribution in [0.3, 0.4) is 0 Å². The van der Waals surface area contributed by atoms with Crippen molar-refractivity contribution in [1.82, 2.24) is 10.3 Å². The van der Waals surface area contributed by atoms with Gasteiger partial charge < -0.3 is 19.9 Å². The van der Waals surface area contributed by atoms with Crippen molar-refractivity contribution in [3.63, 3.8) is 0 Å². The number of carbonyl (C=O) groups excluding carboxylic acids is 1. The maximum absolute atomic E-state index is 11.4.